The fourth-order valence-electron chi connectivity index (χ4n) is 2.12. The van der Waals surface area contributed by atoms with Gasteiger partial charge in [0, 0.05) is 0 Å². The Hall–Kier alpha value is -2.30. The fourth-order valence-corrected chi connectivity index (χ4v) is 2.12. The van der Waals surface area contributed by atoms with Gasteiger partial charge in [-0.05, 0) is 43.0 Å². The number of nitrogens with zero attached hydrogens (tertiary/aromatic N) is 2. The van der Waals surface area contributed by atoms with Crippen LogP contribution in [-0.2, 0) is 0 Å². The van der Waals surface area contributed by atoms with Crippen molar-refractivity contribution in [2.24, 2.45) is 0 Å². The maximum atomic E-state index is 9.68. The zero-order valence-electron chi connectivity index (χ0n) is 10.4. The quantitative estimate of drug-likeness (QED) is 0.840. The molecule has 0 aliphatic heterocycles. The Bertz CT molecular complexity index is 533. The van der Waals surface area contributed by atoms with Crippen molar-refractivity contribution in [3.05, 3.63) is 35.4 Å². The van der Waals surface area contributed by atoms with Crippen LogP contribution in [0.3, 0.4) is 0 Å². The van der Waals surface area contributed by atoms with Crippen LogP contribution in [0, 0.1) is 22.7 Å². The molecule has 4 heteroatoms. The summed E-state index contributed by atoms with van der Waals surface area (Å²) in [7, 11) is 0. The predicted octanol–water partition coefficient (Wildman–Crippen LogP) is 2.41. The number of nitriles is 2. The second kappa shape index (κ2) is 6.04. The van der Waals surface area contributed by atoms with E-state index >= 15 is 0 Å². The third-order valence-corrected chi connectivity index (χ3v) is 3.14. The van der Waals surface area contributed by atoms with E-state index in [1.807, 2.05) is 12.1 Å². The van der Waals surface area contributed by atoms with Crippen LogP contribution in [0.1, 0.15) is 24.8 Å². The highest BCUT2D eigenvalue weighted by atomic mass is 16.5. The molecule has 19 heavy (non-hydrogen) atoms. The van der Waals surface area contributed by atoms with Crippen molar-refractivity contribution < 1.29 is 9.84 Å². The third kappa shape index (κ3) is 3.34. The van der Waals surface area contributed by atoms with Crippen LogP contribution in [0.4, 0.5) is 0 Å². The average Bonchev–Trinajstić information content (AvgIpc) is 2.83. The summed E-state index contributed by atoms with van der Waals surface area (Å²) in [5.41, 5.74) is 0.845. The van der Waals surface area contributed by atoms with Gasteiger partial charge >= 0.3 is 0 Å². The first-order valence-electron chi connectivity index (χ1n) is 6.19. The highest BCUT2D eigenvalue weighted by Crippen LogP contribution is 2.25. The number of benzene rings is 1. The summed E-state index contributed by atoms with van der Waals surface area (Å²) in [5.74, 6) is 0.693. The highest BCUT2D eigenvalue weighted by molar-refractivity contribution is 5.62. The molecule has 1 aliphatic carbocycles. The Balaban J connectivity index is 2.05. The van der Waals surface area contributed by atoms with Crippen molar-refractivity contribution in [2.45, 2.75) is 31.5 Å². The van der Waals surface area contributed by atoms with Gasteiger partial charge in [-0.1, -0.05) is 12.1 Å². The molecular weight excluding hydrogens is 240 g/mol. The molecule has 0 heterocycles. The molecule has 0 saturated heterocycles. The van der Waals surface area contributed by atoms with Crippen LogP contribution in [0.2, 0.25) is 0 Å². The lowest BCUT2D eigenvalue weighted by Gasteiger charge is -2.17. The van der Waals surface area contributed by atoms with Crippen molar-refractivity contribution in [1.82, 2.24) is 0 Å². The van der Waals surface area contributed by atoms with E-state index in [2.05, 4.69) is 0 Å². The molecule has 1 aliphatic rings. The second-order valence-corrected chi connectivity index (χ2v) is 4.51. The van der Waals surface area contributed by atoms with Gasteiger partial charge in [0.05, 0.1) is 6.10 Å². The maximum Gasteiger partial charge on any atom is 0.130 e. The lowest BCUT2D eigenvalue weighted by molar-refractivity contribution is 0.0604. The lowest BCUT2D eigenvalue weighted by Crippen LogP contribution is -2.25. The zero-order chi connectivity index (χ0) is 13.7. The monoisotopic (exact) mass is 254 g/mol. The number of allylic oxidation sites excluding steroid dienone is 1. The van der Waals surface area contributed by atoms with E-state index in [1.165, 1.54) is 6.08 Å². The van der Waals surface area contributed by atoms with Crippen LogP contribution in [0.5, 0.6) is 5.75 Å². The molecule has 0 amide bonds. The number of ether oxygens (including phenoxy) is 1. The van der Waals surface area contributed by atoms with Crippen molar-refractivity contribution in [3.8, 4) is 17.9 Å². The zero-order valence-corrected chi connectivity index (χ0v) is 10.4. The summed E-state index contributed by atoms with van der Waals surface area (Å²) in [6.07, 6.45) is 3.65. The third-order valence-electron chi connectivity index (χ3n) is 3.14. The molecule has 4 nitrogen and oxygen atoms in total. The second-order valence-electron chi connectivity index (χ2n) is 4.51. The number of hydrogen-bond donors (Lipinski definition) is 1. The van der Waals surface area contributed by atoms with E-state index in [1.54, 1.807) is 24.3 Å². The molecule has 0 bridgehead atoms. The van der Waals surface area contributed by atoms with E-state index in [4.69, 9.17) is 15.3 Å². The minimum absolute atomic E-state index is 0.0693. The molecule has 0 radical (unpaired) electrons. The molecule has 2 atom stereocenters. The fraction of sp³-hybridized carbons (Fsp3) is 0.333. The van der Waals surface area contributed by atoms with Crippen LogP contribution >= 0.6 is 0 Å². The van der Waals surface area contributed by atoms with Gasteiger partial charge in [0.2, 0.25) is 0 Å². The van der Waals surface area contributed by atoms with Crippen LogP contribution in [0.25, 0.3) is 6.08 Å². The Morgan fingerprint density at radius 3 is 2.42 bits per heavy atom. The Kier molecular flexibility index (Phi) is 4.18. The van der Waals surface area contributed by atoms with Crippen LogP contribution in [0.15, 0.2) is 29.8 Å². The molecule has 1 aromatic carbocycles. The maximum absolute atomic E-state index is 9.68. The molecule has 0 spiro atoms. The van der Waals surface area contributed by atoms with E-state index in [-0.39, 0.29) is 17.8 Å². The van der Waals surface area contributed by atoms with Gasteiger partial charge in [-0.2, -0.15) is 10.5 Å². The van der Waals surface area contributed by atoms with Gasteiger partial charge in [0.15, 0.2) is 0 Å². The summed E-state index contributed by atoms with van der Waals surface area (Å²) in [6.45, 7) is 0. The molecular formula is C15H14N2O2. The molecule has 1 aromatic rings. The normalized spacial score (nSPS) is 21.2. The Morgan fingerprint density at radius 2 is 1.89 bits per heavy atom. The minimum Gasteiger partial charge on any atom is -0.488 e. The van der Waals surface area contributed by atoms with Gasteiger partial charge < -0.3 is 9.84 Å². The summed E-state index contributed by atoms with van der Waals surface area (Å²) in [4.78, 5) is 0. The number of hydrogen-bond acceptors (Lipinski definition) is 4. The first-order valence-corrected chi connectivity index (χ1v) is 6.19. The van der Waals surface area contributed by atoms with E-state index in [0.717, 1.165) is 24.8 Å². The lowest BCUT2D eigenvalue weighted by atomic mass is 10.1. The summed E-state index contributed by atoms with van der Waals surface area (Å²) in [5, 5.41) is 27.0. The van der Waals surface area contributed by atoms with Gasteiger partial charge in [0.1, 0.15) is 29.6 Å². The highest BCUT2D eigenvalue weighted by Gasteiger charge is 2.26. The number of rotatable bonds is 3. The average molecular weight is 254 g/mol. The summed E-state index contributed by atoms with van der Waals surface area (Å²) in [6, 6.07) is 10.8. The summed E-state index contributed by atoms with van der Waals surface area (Å²) >= 11 is 0. The molecule has 1 fully saturated rings. The van der Waals surface area contributed by atoms with Crippen molar-refractivity contribution in [1.29, 1.82) is 10.5 Å². The number of aliphatic hydroxyl groups excluding tert-OH is 1. The van der Waals surface area contributed by atoms with Gasteiger partial charge in [-0.15, -0.1) is 0 Å². The molecule has 1 N–H and O–H groups in total. The molecule has 2 rings (SSSR count). The molecule has 0 unspecified atom stereocenters. The summed E-state index contributed by atoms with van der Waals surface area (Å²) < 4.78 is 5.70. The SMILES string of the molecule is N#CC(C#N)=Cc1ccc(O[C@H]2CCC[C@@H]2O)cc1. The molecule has 96 valence electrons. The smallest absolute Gasteiger partial charge is 0.130 e. The van der Waals surface area contributed by atoms with E-state index in [9.17, 15) is 5.11 Å². The van der Waals surface area contributed by atoms with E-state index < -0.39 is 0 Å². The Morgan fingerprint density at radius 1 is 1.21 bits per heavy atom. The largest absolute Gasteiger partial charge is 0.488 e. The van der Waals surface area contributed by atoms with Crippen LogP contribution < -0.4 is 4.74 Å². The van der Waals surface area contributed by atoms with Crippen molar-refractivity contribution in [3.63, 3.8) is 0 Å². The minimum atomic E-state index is -0.386. The first kappa shape index (κ1) is 13.1. The standard InChI is InChI=1S/C15H14N2O2/c16-9-12(10-17)8-11-4-6-13(7-5-11)19-15-3-1-2-14(15)18/h4-8,14-15,18H,1-3H2/t14-,15-/m0/s1. The van der Waals surface area contributed by atoms with E-state index in [0.29, 0.717) is 5.75 Å². The van der Waals surface area contributed by atoms with Crippen LogP contribution in [-0.4, -0.2) is 17.3 Å². The van der Waals surface area contributed by atoms with Gasteiger partial charge in [-0.25, -0.2) is 0 Å². The molecule has 0 aromatic heterocycles. The number of aliphatic hydroxyl groups is 1. The first-order chi connectivity index (χ1) is 9.22. The van der Waals surface area contributed by atoms with Crippen molar-refractivity contribution >= 4 is 6.08 Å². The van der Waals surface area contributed by atoms with Gasteiger partial charge in [-0.3, -0.25) is 0 Å². The van der Waals surface area contributed by atoms with Gasteiger partial charge in [0.25, 0.3) is 0 Å². The predicted molar refractivity (Wildman–Crippen MR) is 69.9 cm³/mol. The Labute approximate surface area is 112 Å². The molecule has 1 saturated carbocycles. The van der Waals surface area contributed by atoms with Crippen molar-refractivity contribution in [2.75, 3.05) is 0 Å². The topological polar surface area (TPSA) is 77.0 Å².